The van der Waals surface area contributed by atoms with E-state index in [9.17, 15) is 4.79 Å². The summed E-state index contributed by atoms with van der Waals surface area (Å²) in [5, 5.41) is 5.56. The van der Waals surface area contributed by atoms with Gasteiger partial charge >= 0.3 is 6.03 Å². The van der Waals surface area contributed by atoms with Gasteiger partial charge in [0.1, 0.15) is 0 Å². The van der Waals surface area contributed by atoms with Gasteiger partial charge in [0.2, 0.25) is 0 Å². The summed E-state index contributed by atoms with van der Waals surface area (Å²) in [6, 6.07) is 6.97. The number of amides is 2. The van der Waals surface area contributed by atoms with Crippen LogP contribution in [0, 0.1) is 18.3 Å². The van der Waals surface area contributed by atoms with E-state index in [1.165, 1.54) is 19.3 Å². The third-order valence-corrected chi connectivity index (χ3v) is 4.04. The van der Waals surface area contributed by atoms with Crippen LogP contribution in [-0.2, 0) is 4.74 Å². The van der Waals surface area contributed by atoms with Gasteiger partial charge in [-0.1, -0.05) is 31.8 Å². The Morgan fingerprint density at radius 2 is 2.23 bits per heavy atom. The van der Waals surface area contributed by atoms with Crippen LogP contribution in [0.3, 0.4) is 0 Å². The lowest BCUT2D eigenvalue weighted by Gasteiger charge is -2.28. The molecule has 1 aliphatic rings. The van der Waals surface area contributed by atoms with E-state index in [1.807, 2.05) is 12.1 Å². The number of ether oxygens (including phenoxy) is 1. The van der Waals surface area contributed by atoms with E-state index < -0.39 is 0 Å². The average molecular weight is 300 g/mol. The molecular weight excluding hydrogens is 276 g/mol. The first kappa shape index (κ1) is 16.4. The van der Waals surface area contributed by atoms with E-state index in [0.29, 0.717) is 30.9 Å². The van der Waals surface area contributed by atoms with Gasteiger partial charge < -0.3 is 15.4 Å². The number of carbonyl (C=O) groups excluding carboxylic acids is 1. The summed E-state index contributed by atoms with van der Waals surface area (Å²) < 4.78 is 5.86. The minimum Gasteiger partial charge on any atom is -0.376 e. The molecule has 0 bridgehead atoms. The zero-order valence-electron chi connectivity index (χ0n) is 13.1. The highest BCUT2D eigenvalue weighted by molar-refractivity contribution is 5.89. The fourth-order valence-corrected chi connectivity index (χ4v) is 2.77. The second-order valence-electron chi connectivity index (χ2n) is 5.78. The lowest BCUT2D eigenvalue weighted by atomic mass is 9.88. The Bertz CT molecular complexity index is 536. The summed E-state index contributed by atoms with van der Waals surface area (Å²) >= 11 is 0. The molecule has 1 aromatic rings. The standard InChI is InChI=1S/C18H24N2O2/c1-3-15-8-6-9-16(13-15)20-18(21)19-11-12-22-17-10-5-4-7-14(17)2/h1,6,8-9,13-14,17H,4-5,7,10-12H2,2H3,(H2,19,20,21)/t14-,17-/m1/s1. The zero-order valence-corrected chi connectivity index (χ0v) is 13.1. The van der Waals surface area contributed by atoms with Gasteiger partial charge in [-0.15, -0.1) is 6.42 Å². The number of anilines is 1. The summed E-state index contributed by atoms with van der Waals surface area (Å²) in [6.45, 7) is 3.29. The summed E-state index contributed by atoms with van der Waals surface area (Å²) in [6.07, 6.45) is 10.6. The topological polar surface area (TPSA) is 50.4 Å². The summed E-state index contributed by atoms with van der Waals surface area (Å²) in [5.74, 6) is 3.16. The molecule has 0 radical (unpaired) electrons. The third kappa shape index (κ3) is 5.09. The van der Waals surface area contributed by atoms with Crippen molar-refractivity contribution in [1.29, 1.82) is 0 Å². The van der Waals surface area contributed by atoms with Crippen molar-refractivity contribution in [2.45, 2.75) is 38.7 Å². The van der Waals surface area contributed by atoms with Crippen LogP contribution in [0.1, 0.15) is 38.2 Å². The van der Waals surface area contributed by atoms with E-state index >= 15 is 0 Å². The highest BCUT2D eigenvalue weighted by atomic mass is 16.5. The maximum absolute atomic E-state index is 11.8. The first-order valence-electron chi connectivity index (χ1n) is 7.92. The second kappa shape index (κ2) is 8.45. The van der Waals surface area contributed by atoms with E-state index in [1.54, 1.807) is 12.1 Å². The van der Waals surface area contributed by atoms with Gasteiger partial charge in [0.25, 0.3) is 0 Å². The smallest absolute Gasteiger partial charge is 0.319 e. The molecule has 2 amide bonds. The molecule has 0 heterocycles. The molecule has 0 aromatic heterocycles. The van der Waals surface area contributed by atoms with E-state index in [-0.39, 0.29) is 6.03 Å². The van der Waals surface area contributed by atoms with Gasteiger partial charge in [0.05, 0.1) is 12.7 Å². The lowest BCUT2D eigenvalue weighted by molar-refractivity contribution is -0.00232. The molecule has 22 heavy (non-hydrogen) atoms. The van der Waals surface area contributed by atoms with Crippen molar-refractivity contribution in [3.63, 3.8) is 0 Å². The van der Waals surface area contributed by atoms with Crippen LogP contribution < -0.4 is 10.6 Å². The summed E-state index contributed by atoms with van der Waals surface area (Å²) in [5.41, 5.74) is 1.43. The van der Waals surface area contributed by atoms with Crippen molar-refractivity contribution in [3.05, 3.63) is 29.8 Å². The number of carbonyl (C=O) groups is 1. The third-order valence-electron chi connectivity index (χ3n) is 4.04. The molecule has 1 saturated carbocycles. The predicted molar refractivity (Wildman–Crippen MR) is 88.8 cm³/mol. The van der Waals surface area contributed by atoms with Crippen LogP contribution in [0.4, 0.5) is 10.5 Å². The van der Waals surface area contributed by atoms with Crippen LogP contribution in [0.5, 0.6) is 0 Å². The van der Waals surface area contributed by atoms with E-state index in [0.717, 1.165) is 12.0 Å². The Morgan fingerprint density at radius 3 is 3.00 bits per heavy atom. The Balaban J connectivity index is 1.66. The number of urea groups is 1. The van der Waals surface area contributed by atoms with Gasteiger partial charge in [0.15, 0.2) is 0 Å². The molecule has 1 fully saturated rings. The van der Waals surface area contributed by atoms with Gasteiger partial charge in [-0.25, -0.2) is 4.79 Å². The fourth-order valence-electron chi connectivity index (χ4n) is 2.77. The Kier molecular flexibility index (Phi) is 6.29. The molecular formula is C18H24N2O2. The number of rotatable bonds is 5. The number of hydrogen-bond donors (Lipinski definition) is 2. The minimum absolute atomic E-state index is 0.241. The molecule has 4 heteroatoms. The molecule has 0 spiro atoms. The second-order valence-corrected chi connectivity index (χ2v) is 5.78. The number of nitrogens with one attached hydrogen (secondary N) is 2. The maximum atomic E-state index is 11.8. The van der Waals surface area contributed by atoms with Gasteiger partial charge in [-0.05, 0) is 37.0 Å². The molecule has 2 atom stereocenters. The number of benzene rings is 1. The molecule has 2 rings (SSSR count). The molecule has 0 unspecified atom stereocenters. The molecule has 4 nitrogen and oxygen atoms in total. The first-order valence-corrected chi connectivity index (χ1v) is 7.92. The van der Waals surface area contributed by atoms with Crippen LogP contribution in [0.15, 0.2) is 24.3 Å². The van der Waals surface area contributed by atoms with Crippen LogP contribution in [-0.4, -0.2) is 25.3 Å². The quantitative estimate of drug-likeness (QED) is 0.647. The van der Waals surface area contributed by atoms with Gasteiger partial charge in [-0.2, -0.15) is 0 Å². The van der Waals surface area contributed by atoms with Crippen molar-refractivity contribution < 1.29 is 9.53 Å². The minimum atomic E-state index is -0.241. The van der Waals surface area contributed by atoms with E-state index in [4.69, 9.17) is 11.2 Å². The SMILES string of the molecule is C#Cc1cccc(NC(=O)NCCO[C@@H]2CCCC[C@H]2C)c1. The van der Waals surface area contributed by atoms with Crippen molar-refractivity contribution in [2.75, 3.05) is 18.5 Å². The zero-order chi connectivity index (χ0) is 15.8. The van der Waals surface area contributed by atoms with Gasteiger partial charge in [0, 0.05) is 17.8 Å². The van der Waals surface area contributed by atoms with Crippen molar-refractivity contribution in [3.8, 4) is 12.3 Å². The highest BCUT2D eigenvalue weighted by Gasteiger charge is 2.21. The van der Waals surface area contributed by atoms with Crippen LogP contribution in [0.25, 0.3) is 0 Å². The fraction of sp³-hybridized carbons (Fsp3) is 0.500. The summed E-state index contributed by atoms with van der Waals surface area (Å²) in [7, 11) is 0. The van der Waals surface area contributed by atoms with Crippen molar-refractivity contribution in [2.24, 2.45) is 5.92 Å². The Labute approximate surface area is 132 Å². The highest BCUT2D eigenvalue weighted by Crippen LogP contribution is 2.25. The predicted octanol–water partition coefficient (Wildman–Crippen LogP) is 3.38. The van der Waals surface area contributed by atoms with Crippen molar-refractivity contribution in [1.82, 2.24) is 5.32 Å². The molecule has 1 aromatic carbocycles. The number of hydrogen-bond acceptors (Lipinski definition) is 2. The molecule has 0 saturated heterocycles. The normalized spacial score (nSPS) is 20.9. The molecule has 2 N–H and O–H groups in total. The monoisotopic (exact) mass is 300 g/mol. The summed E-state index contributed by atoms with van der Waals surface area (Å²) in [4.78, 5) is 11.8. The lowest BCUT2D eigenvalue weighted by Crippen LogP contribution is -2.34. The average Bonchev–Trinajstić information content (AvgIpc) is 2.53. The van der Waals surface area contributed by atoms with Crippen LogP contribution >= 0.6 is 0 Å². The molecule has 0 aliphatic heterocycles. The largest absolute Gasteiger partial charge is 0.376 e. The Hall–Kier alpha value is -1.99. The molecule has 1 aliphatic carbocycles. The van der Waals surface area contributed by atoms with E-state index in [2.05, 4.69) is 23.5 Å². The van der Waals surface area contributed by atoms with Gasteiger partial charge in [-0.3, -0.25) is 0 Å². The number of terminal acetylenes is 1. The first-order chi connectivity index (χ1) is 10.7. The molecule has 118 valence electrons. The Morgan fingerprint density at radius 1 is 1.41 bits per heavy atom. The maximum Gasteiger partial charge on any atom is 0.319 e. The van der Waals surface area contributed by atoms with Crippen LogP contribution in [0.2, 0.25) is 0 Å². The van der Waals surface area contributed by atoms with Crippen molar-refractivity contribution >= 4 is 11.7 Å².